The Kier molecular flexibility index (Phi) is 44.1. The molecule has 0 aliphatic heterocycles. The lowest BCUT2D eigenvalue weighted by Crippen LogP contribution is -2.37. The first-order chi connectivity index (χ1) is 30.6. The van der Waals surface area contributed by atoms with Crippen LogP contribution in [0.25, 0.3) is 0 Å². The van der Waals surface area contributed by atoms with Crippen molar-refractivity contribution in [2.45, 2.75) is 187 Å². The lowest BCUT2D eigenvalue weighted by atomic mass is 10.0. The summed E-state index contributed by atoms with van der Waals surface area (Å²) in [5.74, 6) is -0.352. The molecule has 0 radical (unpaired) electrons. The summed E-state index contributed by atoms with van der Waals surface area (Å²) in [6, 6.07) is 0. The van der Waals surface area contributed by atoms with Gasteiger partial charge < -0.3 is 27.9 Å². The Hall–Kier alpha value is -2.58. The SMILES string of the molecule is CC/C=C\C/C=C\C/C=C\C/C=C\CCCCCCCCCCCCCCC(=O)OC(COCCCCC/C=C\C/C=C\C/C=C\C/C=C\CC)COP(=O)([O-])OCC[N+](C)(C)C. The van der Waals surface area contributed by atoms with Crippen LogP contribution >= 0.6 is 7.82 Å². The number of hydrogen-bond acceptors (Lipinski definition) is 7. The van der Waals surface area contributed by atoms with Crippen LogP contribution in [0.2, 0.25) is 0 Å². The Morgan fingerprint density at radius 2 is 0.873 bits per heavy atom. The number of ether oxygens (including phenoxy) is 2. The van der Waals surface area contributed by atoms with E-state index >= 15 is 0 Å². The Bertz CT molecular complexity index is 1320. The van der Waals surface area contributed by atoms with Crippen molar-refractivity contribution >= 4 is 13.8 Å². The Labute approximate surface area is 387 Å². The number of esters is 1. The van der Waals surface area contributed by atoms with Crippen molar-refractivity contribution in [3.8, 4) is 0 Å². The average molecular weight is 900 g/mol. The van der Waals surface area contributed by atoms with Gasteiger partial charge in [0, 0.05) is 13.0 Å². The van der Waals surface area contributed by atoms with Crippen LogP contribution in [0.5, 0.6) is 0 Å². The number of unbranched alkanes of at least 4 members (excludes halogenated alkanes) is 15. The van der Waals surface area contributed by atoms with Gasteiger partial charge in [-0.3, -0.25) is 9.36 Å². The lowest BCUT2D eigenvalue weighted by molar-refractivity contribution is -0.870. The van der Waals surface area contributed by atoms with Gasteiger partial charge in [0.05, 0.1) is 34.4 Å². The van der Waals surface area contributed by atoms with Gasteiger partial charge in [-0.15, -0.1) is 0 Å². The monoisotopic (exact) mass is 900 g/mol. The topological polar surface area (TPSA) is 94.1 Å². The zero-order chi connectivity index (χ0) is 46.2. The Morgan fingerprint density at radius 3 is 1.30 bits per heavy atom. The average Bonchev–Trinajstić information content (AvgIpc) is 3.24. The molecule has 0 aromatic carbocycles. The highest BCUT2D eigenvalue weighted by Gasteiger charge is 2.20. The number of carbonyl (C=O) groups is 1. The van der Waals surface area contributed by atoms with Gasteiger partial charge in [0.2, 0.25) is 0 Å². The molecule has 0 aliphatic carbocycles. The van der Waals surface area contributed by atoms with Crippen LogP contribution in [0.15, 0.2) is 97.2 Å². The minimum atomic E-state index is -4.55. The predicted molar refractivity (Wildman–Crippen MR) is 268 cm³/mol. The van der Waals surface area contributed by atoms with Crippen molar-refractivity contribution < 1.29 is 37.3 Å². The number of rotatable bonds is 45. The molecule has 0 saturated carbocycles. The Morgan fingerprint density at radius 1 is 0.492 bits per heavy atom. The number of nitrogens with zero attached hydrogens (tertiary/aromatic N) is 1. The molecule has 362 valence electrons. The zero-order valence-corrected chi connectivity index (χ0v) is 41.9. The minimum Gasteiger partial charge on any atom is -0.756 e. The van der Waals surface area contributed by atoms with Crippen molar-refractivity contribution in [1.82, 2.24) is 0 Å². The van der Waals surface area contributed by atoms with Gasteiger partial charge in [-0.25, -0.2) is 0 Å². The molecule has 8 nitrogen and oxygen atoms in total. The molecule has 2 unspecified atom stereocenters. The van der Waals surface area contributed by atoms with Crippen molar-refractivity contribution in [3.05, 3.63) is 97.2 Å². The molecule has 0 rings (SSSR count). The highest BCUT2D eigenvalue weighted by molar-refractivity contribution is 7.45. The lowest BCUT2D eigenvalue weighted by Gasteiger charge is -2.28. The van der Waals surface area contributed by atoms with Crippen molar-refractivity contribution in [3.63, 3.8) is 0 Å². The first-order valence-electron chi connectivity index (χ1n) is 25.0. The molecule has 0 aromatic heterocycles. The number of likely N-dealkylation sites (N-methyl/N-ethyl adjacent to an activating group) is 1. The first kappa shape index (κ1) is 60.4. The Balaban J connectivity index is 4.18. The van der Waals surface area contributed by atoms with E-state index in [1.54, 1.807) is 0 Å². The maximum Gasteiger partial charge on any atom is 0.306 e. The molecule has 9 heteroatoms. The van der Waals surface area contributed by atoms with Gasteiger partial charge in [0.25, 0.3) is 7.82 Å². The number of phosphoric ester groups is 1. The van der Waals surface area contributed by atoms with E-state index in [0.29, 0.717) is 24.1 Å². The summed E-state index contributed by atoms with van der Waals surface area (Å²) in [6.07, 6.45) is 62.9. The van der Waals surface area contributed by atoms with Gasteiger partial charge in [-0.05, 0) is 89.9 Å². The van der Waals surface area contributed by atoms with Gasteiger partial charge >= 0.3 is 5.97 Å². The first-order valence-corrected chi connectivity index (χ1v) is 26.4. The maximum absolute atomic E-state index is 12.7. The standard InChI is InChI=1S/C54H94NO7P/c1-6-8-10-12-14-16-18-20-22-24-25-26-27-28-29-30-31-32-33-35-37-39-41-43-45-47-54(56)62-53(52-61-63(57,58)60-50-48-55(3,4)5)51-59-49-46-44-42-40-38-36-34-23-21-19-17-15-13-11-9-7-2/h8-11,14-17,20-23,25-26,36,38,53H,6-7,12-13,18-19,24,27-35,37,39-52H2,1-5H3/b10-8-,11-9-,16-14-,17-15-,22-20-,23-21-,26-25-,38-36-. The molecule has 2 atom stereocenters. The number of phosphoric acid groups is 1. The van der Waals surface area contributed by atoms with Crippen LogP contribution in [0.4, 0.5) is 0 Å². The summed E-state index contributed by atoms with van der Waals surface area (Å²) in [5.41, 5.74) is 0. The van der Waals surface area contributed by atoms with E-state index in [4.69, 9.17) is 18.5 Å². The summed E-state index contributed by atoms with van der Waals surface area (Å²) in [6.45, 7) is 5.09. The fraction of sp³-hybridized carbons (Fsp3) is 0.685. The van der Waals surface area contributed by atoms with Crippen molar-refractivity contribution in [2.75, 3.05) is 54.1 Å². The van der Waals surface area contributed by atoms with Crippen LogP contribution in [0, 0.1) is 0 Å². The van der Waals surface area contributed by atoms with Crippen LogP contribution in [0.3, 0.4) is 0 Å². The second kappa shape index (κ2) is 46.0. The fourth-order valence-corrected chi connectivity index (χ4v) is 7.08. The highest BCUT2D eigenvalue weighted by Crippen LogP contribution is 2.38. The van der Waals surface area contributed by atoms with Gasteiger partial charge in [-0.2, -0.15) is 0 Å². The van der Waals surface area contributed by atoms with E-state index in [0.717, 1.165) is 96.3 Å². The predicted octanol–water partition coefficient (Wildman–Crippen LogP) is 14.8. The number of allylic oxidation sites excluding steroid dienone is 16. The molecule has 0 amide bonds. The molecule has 0 fully saturated rings. The van der Waals surface area contributed by atoms with E-state index in [2.05, 4.69) is 111 Å². The third-order valence-corrected chi connectivity index (χ3v) is 11.1. The van der Waals surface area contributed by atoms with Crippen molar-refractivity contribution in [1.29, 1.82) is 0 Å². The minimum absolute atomic E-state index is 0.0142. The fourth-order valence-electron chi connectivity index (χ4n) is 6.35. The van der Waals surface area contributed by atoms with Gasteiger partial charge in [0.1, 0.15) is 19.3 Å². The van der Waals surface area contributed by atoms with E-state index in [-0.39, 0.29) is 25.8 Å². The van der Waals surface area contributed by atoms with E-state index < -0.39 is 13.9 Å². The molecule has 63 heavy (non-hydrogen) atoms. The summed E-state index contributed by atoms with van der Waals surface area (Å²) in [4.78, 5) is 25.2. The number of hydrogen-bond donors (Lipinski definition) is 0. The molecule has 0 saturated heterocycles. The van der Waals surface area contributed by atoms with Crippen molar-refractivity contribution in [2.24, 2.45) is 0 Å². The molecule has 0 bridgehead atoms. The second-order valence-electron chi connectivity index (χ2n) is 17.4. The molecular weight excluding hydrogens is 806 g/mol. The van der Waals surface area contributed by atoms with Crippen LogP contribution in [-0.4, -0.2) is 70.7 Å². The summed E-state index contributed by atoms with van der Waals surface area (Å²) < 4.78 is 34.7. The molecule has 0 heterocycles. The molecule has 0 aromatic rings. The van der Waals surface area contributed by atoms with Gasteiger partial charge in [0.15, 0.2) is 0 Å². The highest BCUT2D eigenvalue weighted by atomic mass is 31.2. The van der Waals surface area contributed by atoms with Gasteiger partial charge in [-0.1, -0.05) is 182 Å². The molecule has 0 aliphatic rings. The smallest absolute Gasteiger partial charge is 0.306 e. The van der Waals surface area contributed by atoms with Crippen LogP contribution < -0.4 is 4.89 Å². The second-order valence-corrected chi connectivity index (χ2v) is 18.8. The molecule has 0 N–H and O–H groups in total. The normalized spacial score (nSPS) is 14.4. The molecule has 0 spiro atoms. The van der Waals surface area contributed by atoms with E-state index in [1.165, 1.54) is 64.2 Å². The third-order valence-electron chi connectivity index (χ3n) is 10.1. The third kappa shape index (κ3) is 50.3. The summed E-state index contributed by atoms with van der Waals surface area (Å²) in [7, 11) is 1.32. The summed E-state index contributed by atoms with van der Waals surface area (Å²) in [5, 5.41) is 0. The molecular formula is C54H94NO7P. The largest absolute Gasteiger partial charge is 0.756 e. The number of carbonyl (C=O) groups excluding carboxylic acids is 1. The van der Waals surface area contributed by atoms with E-state index in [9.17, 15) is 14.3 Å². The zero-order valence-electron chi connectivity index (χ0n) is 41.0. The van der Waals surface area contributed by atoms with E-state index in [1.807, 2.05) is 21.1 Å². The quantitative estimate of drug-likeness (QED) is 0.0197. The van der Waals surface area contributed by atoms with Crippen LogP contribution in [-0.2, 0) is 27.9 Å². The number of quaternary nitrogens is 1. The van der Waals surface area contributed by atoms with Crippen LogP contribution in [0.1, 0.15) is 181 Å². The summed E-state index contributed by atoms with van der Waals surface area (Å²) >= 11 is 0. The maximum atomic E-state index is 12.7.